The molecule has 0 amide bonds. The molecule has 12 heteroatoms. The van der Waals surface area contributed by atoms with Gasteiger partial charge in [-0.05, 0) is 25.0 Å². The summed E-state index contributed by atoms with van der Waals surface area (Å²) in [5.41, 5.74) is 6.47. The van der Waals surface area contributed by atoms with Crippen molar-refractivity contribution in [3.05, 3.63) is 29.8 Å². The summed E-state index contributed by atoms with van der Waals surface area (Å²) in [6.07, 6.45) is 16.8. The van der Waals surface area contributed by atoms with Crippen LogP contribution < -0.4 is 24.8 Å². The van der Waals surface area contributed by atoms with E-state index in [0.29, 0.717) is 16.8 Å². The molecule has 3 unspecified atom stereocenters. The fraction of sp³-hybridized carbons (Fsp3) is 0.727. The first-order valence-electron chi connectivity index (χ1n) is 16.2. The molecule has 0 spiro atoms. The molecule has 0 radical (unpaired) electrons. The molecule has 0 bridgehead atoms. The Kier molecular flexibility index (Phi) is 20.3. The van der Waals surface area contributed by atoms with E-state index in [-0.39, 0.29) is 30.3 Å². The molecule has 0 aromatic heterocycles. The lowest BCUT2D eigenvalue weighted by molar-refractivity contribution is -0.870. The highest BCUT2D eigenvalue weighted by Gasteiger charge is 2.25. The van der Waals surface area contributed by atoms with Crippen molar-refractivity contribution in [2.45, 2.75) is 96.1 Å². The number of benzene rings is 1. The smallest absolute Gasteiger partial charge is 0.338 e. The van der Waals surface area contributed by atoms with Gasteiger partial charge in [-0.3, -0.25) is 4.57 Å². The number of methoxy groups -OCH3 is 3. The lowest BCUT2D eigenvalue weighted by Crippen LogP contribution is -2.41. The number of phosphoric acid groups is 1. The number of rotatable bonds is 26. The number of hydrogen-bond donors (Lipinski definition) is 1. The van der Waals surface area contributed by atoms with Gasteiger partial charge < -0.3 is 43.1 Å². The largest absolute Gasteiger partial charge is 0.756 e. The summed E-state index contributed by atoms with van der Waals surface area (Å²) in [6, 6.07) is 1.95. The van der Waals surface area contributed by atoms with E-state index in [1.54, 1.807) is 6.08 Å². The molecule has 0 heterocycles. The molecule has 3 atom stereocenters. The minimum Gasteiger partial charge on any atom is -0.756 e. The molecule has 1 aromatic rings. The van der Waals surface area contributed by atoms with Crippen molar-refractivity contribution < 1.29 is 46.7 Å². The third-order valence-electron chi connectivity index (χ3n) is 7.29. The number of quaternary nitrogens is 1. The number of ether oxygens (including phenoxy) is 4. The Morgan fingerprint density at radius 1 is 0.911 bits per heavy atom. The van der Waals surface area contributed by atoms with Crippen molar-refractivity contribution in [1.82, 2.24) is 0 Å². The van der Waals surface area contributed by atoms with Crippen molar-refractivity contribution in [3.63, 3.8) is 0 Å². The highest BCUT2D eigenvalue weighted by Crippen LogP contribution is 2.41. The number of nitrogens with zero attached hydrogens (tertiary/aromatic N) is 1. The molecule has 0 aliphatic carbocycles. The molecular formula is C33H59N2O9P. The van der Waals surface area contributed by atoms with Crippen LogP contribution in [0, 0.1) is 0 Å². The number of hydrogen-bond acceptors (Lipinski definition) is 10. The molecule has 0 fully saturated rings. The average Bonchev–Trinajstić information content (AvgIpc) is 2.99. The molecule has 0 saturated carbocycles. The standard InChI is InChI=1S/C33H59N2O9P/c1-8-9-10-11-12-13-14-15-16-17-18-19-20-21-29(44-45(37,38)43-23-22-35(2,3)4)28(34)26-42-33(36)27-24-30(39-5)32(41-7)31(25-27)40-6/h20-21,24-25,28-29H,8-19,22-23,26,34H2,1-7H3. The summed E-state index contributed by atoms with van der Waals surface area (Å²) in [6.45, 7) is 2.36. The second kappa shape index (κ2) is 22.4. The van der Waals surface area contributed by atoms with Crippen LogP contribution in [-0.4, -0.2) is 84.8 Å². The van der Waals surface area contributed by atoms with Crippen molar-refractivity contribution in [3.8, 4) is 17.2 Å². The average molecular weight is 659 g/mol. The second-order valence-corrected chi connectivity index (χ2v) is 13.7. The number of nitrogens with two attached hydrogens (primary N) is 1. The molecule has 0 aliphatic rings. The lowest BCUT2D eigenvalue weighted by Gasteiger charge is -2.31. The van der Waals surface area contributed by atoms with Crippen LogP contribution in [0.5, 0.6) is 17.2 Å². The Hall–Kier alpha value is -2.14. The van der Waals surface area contributed by atoms with Gasteiger partial charge in [0.05, 0.1) is 54.1 Å². The number of carbonyl (C=O) groups excluding carboxylic acids is 1. The van der Waals surface area contributed by atoms with Gasteiger partial charge in [0.1, 0.15) is 25.9 Å². The van der Waals surface area contributed by atoms with Gasteiger partial charge in [0.25, 0.3) is 7.82 Å². The van der Waals surface area contributed by atoms with Gasteiger partial charge in [-0.2, -0.15) is 0 Å². The molecular weight excluding hydrogens is 599 g/mol. The Morgan fingerprint density at radius 2 is 1.44 bits per heavy atom. The van der Waals surface area contributed by atoms with E-state index in [0.717, 1.165) is 19.3 Å². The van der Waals surface area contributed by atoms with Crippen LogP contribution >= 0.6 is 7.82 Å². The van der Waals surface area contributed by atoms with Crippen LogP contribution in [0.4, 0.5) is 0 Å². The van der Waals surface area contributed by atoms with Crippen molar-refractivity contribution >= 4 is 13.8 Å². The van der Waals surface area contributed by atoms with E-state index in [4.69, 9.17) is 33.7 Å². The monoisotopic (exact) mass is 658 g/mol. The number of allylic oxidation sites excluding steroid dienone is 1. The third kappa shape index (κ3) is 18.0. The van der Waals surface area contributed by atoms with Gasteiger partial charge in [0.2, 0.25) is 5.75 Å². The first-order chi connectivity index (χ1) is 21.4. The molecule has 1 aromatic carbocycles. The van der Waals surface area contributed by atoms with E-state index in [1.165, 1.54) is 91.2 Å². The van der Waals surface area contributed by atoms with Gasteiger partial charge in [-0.15, -0.1) is 0 Å². The zero-order valence-electron chi connectivity index (χ0n) is 28.7. The third-order valence-corrected chi connectivity index (χ3v) is 8.29. The van der Waals surface area contributed by atoms with E-state index in [2.05, 4.69) is 6.92 Å². The fourth-order valence-corrected chi connectivity index (χ4v) is 5.46. The highest BCUT2D eigenvalue weighted by molar-refractivity contribution is 7.45. The lowest BCUT2D eigenvalue weighted by atomic mass is 10.0. The number of carbonyl (C=O) groups is 1. The van der Waals surface area contributed by atoms with Gasteiger partial charge >= 0.3 is 5.97 Å². The first-order valence-corrected chi connectivity index (χ1v) is 17.7. The number of phosphoric ester groups is 1. The SMILES string of the molecule is CCCCCCCCCCCCCC=CC(OP(=O)([O-])OCC[N+](C)(C)C)C(N)COC(=O)c1cc(OC)c(OC)c(OC)c1. The summed E-state index contributed by atoms with van der Waals surface area (Å²) in [4.78, 5) is 25.5. The molecule has 0 aliphatic heterocycles. The summed E-state index contributed by atoms with van der Waals surface area (Å²) in [5.74, 6) is 0.218. The van der Waals surface area contributed by atoms with Crippen molar-refractivity contribution in [1.29, 1.82) is 0 Å². The number of unbranched alkanes of at least 4 members (excludes halogenated alkanes) is 11. The topological polar surface area (TPSA) is 139 Å². The maximum absolute atomic E-state index is 12.9. The minimum absolute atomic E-state index is 0.0369. The van der Waals surface area contributed by atoms with Gasteiger partial charge in [-0.1, -0.05) is 83.3 Å². The zero-order chi connectivity index (χ0) is 33.7. The summed E-state index contributed by atoms with van der Waals surface area (Å²) < 4.78 is 45.0. The van der Waals surface area contributed by atoms with E-state index in [1.807, 2.05) is 27.2 Å². The second-order valence-electron chi connectivity index (χ2n) is 12.3. The van der Waals surface area contributed by atoms with E-state index < -0.39 is 25.9 Å². The number of likely N-dealkylation sites (N-methyl/N-ethyl adjacent to an activating group) is 1. The van der Waals surface area contributed by atoms with Crippen LogP contribution in [-0.2, 0) is 18.3 Å². The van der Waals surface area contributed by atoms with Gasteiger partial charge in [-0.25, -0.2) is 4.79 Å². The first kappa shape index (κ1) is 40.9. The van der Waals surface area contributed by atoms with Crippen LogP contribution in [0.25, 0.3) is 0 Å². The predicted molar refractivity (Wildman–Crippen MR) is 176 cm³/mol. The zero-order valence-corrected chi connectivity index (χ0v) is 29.6. The van der Waals surface area contributed by atoms with Gasteiger partial charge in [0, 0.05) is 0 Å². The minimum atomic E-state index is -4.69. The molecule has 2 N–H and O–H groups in total. The predicted octanol–water partition coefficient (Wildman–Crippen LogP) is 6.03. The summed E-state index contributed by atoms with van der Waals surface area (Å²) in [5, 5.41) is 0. The maximum atomic E-state index is 12.9. The summed E-state index contributed by atoms with van der Waals surface area (Å²) >= 11 is 0. The van der Waals surface area contributed by atoms with Crippen molar-refractivity contribution in [2.75, 3.05) is 62.2 Å². The van der Waals surface area contributed by atoms with E-state index in [9.17, 15) is 14.3 Å². The van der Waals surface area contributed by atoms with E-state index >= 15 is 0 Å². The Bertz CT molecular complexity index is 1020. The van der Waals surface area contributed by atoms with Gasteiger partial charge in [0.15, 0.2) is 11.5 Å². The van der Waals surface area contributed by atoms with Crippen LogP contribution in [0.1, 0.15) is 94.3 Å². The highest BCUT2D eigenvalue weighted by atomic mass is 31.2. The number of esters is 1. The molecule has 1 rings (SSSR count). The molecule has 0 saturated heterocycles. The van der Waals surface area contributed by atoms with Crippen LogP contribution in [0.3, 0.4) is 0 Å². The fourth-order valence-electron chi connectivity index (χ4n) is 4.57. The molecule has 45 heavy (non-hydrogen) atoms. The summed E-state index contributed by atoms with van der Waals surface area (Å²) in [7, 11) is 5.44. The Labute approximate surface area is 271 Å². The quantitative estimate of drug-likeness (QED) is 0.0413. The molecule has 260 valence electrons. The normalized spacial score (nSPS) is 14.6. The Morgan fingerprint density at radius 3 is 1.93 bits per heavy atom. The Balaban J connectivity index is 2.75. The maximum Gasteiger partial charge on any atom is 0.338 e. The van der Waals surface area contributed by atoms with Crippen molar-refractivity contribution in [2.24, 2.45) is 5.73 Å². The van der Waals surface area contributed by atoms with Crippen LogP contribution in [0.2, 0.25) is 0 Å². The molecule has 11 nitrogen and oxygen atoms in total. The van der Waals surface area contributed by atoms with Crippen LogP contribution in [0.15, 0.2) is 24.3 Å².